The molecule has 0 aliphatic rings. The van der Waals surface area contributed by atoms with Crippen molar-refractivity contribution < 1.29 is 19.2 Å². The second kappa shape index (κ2) is 10.1. The van der Waals surface area contributed by atoms with Crippen molar-refractivity contribution in [1.82, 2.24) is 0 Å². The number of oxime groups is 2. The first-order valence-electron chi connectivity index (χ1n) is 9.74. The molecular formula is C24H30N2O4. The summed E-state index contributed by atoms with van der Waals surface area (Å²) in [5, 5.41) is 8.14. The normalized spacial score (nSPS) is 12.5. The highest BCUT2D eigenvalue weighted by atomic mass is 16.6. The van der Waals surface area contributed by atoms with Gasteiger partial charge in [0.05, 0.1) is 12.8 Å². The van der Waals surface area contributed by atoms with Crippen LogP contribution in [0.5, 0.6) is 0 Å². The van der Waals surface area contributed by atoms with Gasteiger partial charge >= 0.3 is 5.97 Å². The highest BCUT2D eigenvalue weighted by Gasteiger charge is 2.21. The summed E-state index contributed by atoms with van der Waals surface area (Å²) in [6, 6.07) is 13.8. The van der Waals surface area contributed by atoms with Crippen LogP contribution in [-0.2, 0) is 31.2 Å². The van der Waals surface area contributed by atoms with Crippen molar-refractivity contribution >= 4 is 17.4 Å². The first-order valence-corrected chi connectivity index (χ1v) is 9.74. The van der Waals surface area contributed by atoms with Gasteiger partial charge in [0, 0.05) is 11.1 Å². The molecule has 6 nitrogen and oxygen atoms in total. The zero-order valence-electron chi connectivity index (χ0n) is 18.8. The quantitative estimate of drug-likeness (QED) is 0.375. The fourth-order valence-electron chi connectivity index (χ4n) is 2.96. The summed E-state index contributed by atoms with van der Waals surface area (Å²) in [5.74, 6) is -0.581. The number of esters is 1. The van der Waals surface area contributed by atoms with Gasteiger partial charge in [-0.05, 0) is 42.0 Å². The smallest absolute Gasteiger partial charge is 0.360 e. The van der Waals surface area contributed by atoms with Gasteiger partial charge in [0.2, 0.25) is 0 Å². The SMILES string of the molecule is CO/N=C(/C(=O)OC)c1cccc(C)c1CO/N=C(\C)c1cccc(C(C)(C)C)c1. The summed E-state index contributed by atoms with van der Waals surface area (Å²) in [5.41, 5.74) is 5.47. The number of benzene rings is 2. The van der Waals surface area contributed by atoms with Crippen LogP contribution in [0.4, 0.5) is 0 Å². The number of rotatable bonds is 7. The fourth-order valence-corrected chi connectivity index (χ4v) is 2.96. The first-order chi connectivity index (χ1) is 14.2. The Hall–Kier alpha value is -3.15. The maximum Gasteiger partial charge on any atom is 0.360 e. The molecule has 160 valence electrons. The zero-order valence-corrected chi connectivity index (χ0v) is 18.8. The van der Waals surface area contributed by atoms with Gasteiger partial charge in [-0.2, -0.15) is 0 Å². The molecule has 0 atom stereocenters. The van der Waals surface area contributed by atoms with E-state index in [0.29, 0.717) is 5.56 Å². The number of ether oxygens (including phenoxy) is 1. The molecule has 0 heterocycles. The Kier molecular flexibility index (Phi) is 7.75. The minimum atomic E-state index is -0.581. The zero-order chi connectivity index (χ0) is 22.3. The molecule has 0 amide bonds. The third kappa shape index (κ3) is 5.69. The molecule has 0 saturated carbocycles. The molecule has 0 spiro atoms. The Balaban J connectivity index is 2.28. The summed E-state index contributed by atoms with van der Waals surface area (Å²) in [6.45, 7) is 10.6. The molecule has 0 aromatic heterocycles. The molecule has 0 aliphatic carbocycles. The largest absolute Gasteiger partial charge is 0.464 e. The summed E-state index contributed by atoms with van der Waals surface area (Å²) in [4.78, 5) is 22.6. The van der Waals surface area contributed by atoms with Gasteiger partial charge in [0.25, 0.3) is 0 Å². The van der Waals surface area contributed by atoms with E-state index in [2.05, 4.69) is 43.2 Å². The van der Waals surface area contributed by atoms with E-state index in [1.807, 2.05) is 38.1 Å². The Morgan fingerprint density at radius 1 is 1.03 bits per heavy atom. The van der Waals surface area contributed by atoms with Gasteiger partial charge in [0.15, 0.2) is 5.71 Å². The average molecular weight is 411 g/mol. The Labute approximate surface area is 178 Å². The number of hydrogen-bond donors (Lipinski definition) is 0. The number of carbonyl (C=O) groups is 1. The van der Waals surface area contributed by atoms with Crippen molar-refractivity contribution in [1.29, 1.82) is 0 Å². The van der Waals surface area contributed by atoms with Crippen LogP contribution in [0.1, 0.15) is 55.5 Å². The highest BCUT2D eigenvalue weighted by molar-refractivity contribution is 6.43. The molecule has 2 aromatic rings. The molecule has 30 heavy (non-hydrogen) atoms. The van der Waals surface area contributed by atoms with Crippen molar-refractivity contribution in [3.8, 4) is 0 Å². The van der Waals surface area contributed by atoms with E-state index in [0.717, 1.165) is 22.4 Å². The molecular weight excluding hydrogens is 380 g/mol. The molecule has 0 bridgehead atoms. The third-order valence-corrected chi connectivity index (χ3v) is 4.78. The lowest BCUT2D eigenvalue weighted by atomic mass is 9.86. The van der Waals surface area contributed by atoms with Crippen LogP contribution in [0, 0.1) is 6.92 Å². The van der Waals surface area contributed by atoms with Gasteiger partial charge in [-0.3, -0.25) is 0 Å². The Bertz CT molecular complexity index is 956. The van der Waals surface area contributed by atoms with Crippen LogP contribution in [0.3, 0.4) is 0 Å². The van der Waals surface area contributed by atoms with E-state index >= 15 is 0 Å². The number of hydrogen-bond acceptors (Lipinski definition) is 6. The first kappa shape index (κ1) is 23.1. The van der Waals surface area contributed by atoms with Crippen LogP contribution in [0.15, 0.2) is 52.8 Å². The van der Waals surface area contributed by atoms with Crippen molar-refractivity contribution in [3.05, 3.63) is 70.3 Å². The number of carbonyl (C=O) groups excluding carboxylic acids is 1. The van der Waals surface area contributed by atoms with E-state index in [9.17, 15) is 4.79 Å². The second-order valence-corrected chi connectivity index (χ2v) is 8.00. The average Bonchev–Trinajstić information content (AvgIpc) is 2.72. The van der Waals surface area contributed by atoms with Gasteiger partial charge in [-0.25, -0.2) is 4.79 Å². The molecule has 2 rings (SSSR count). The lowest BCUT2D eigenvalue weighted by Gasteiger charge is -2.19. The molecule has 0 aliphatic heterocycles. The van der Waals surface area contributed by atoms with Crippen LogP contribution in [-0.4, -0.2) is 31.6 Å². The molecule has 0 fully saturated rings. The summed E-state index contributed by atoms with van der Waals surface area (Å²) >= 11 is 0. The van der Waals surface area contributed by atoms with Gasteiger partial charge in [0.1, 0.15) is 13.7 Å². The predicted octanol–water partition coefficient (Wildman–Crippen LogP) is 4.76. The maximum absolute atomic E-state index is 12.1. The standard InChI is InChI=1S/C24H30N2O4/c1-16-10-8-13-20(22(26-29-7)23(27)28-6)21(16)15-30-25-17(2)18-11-9-12-19(14-18)24(3,4)5/h8-14H,15H2,1-7H3/b25-17+,26-22+. The van der Waals surface area contributed by atoms with E-state index in [4.69, 9.17) is 14.4 Å². The molecule has 0 radical (unpaired) electrons. The Morgan fingerprint density at radius 2 is 1.73 bits per heavy atom. The van der Waals surface area contributed by atoms with Crippen molar-refractivity contribution in [2.45, 2.75) is 46.6 Å². The summed E-state index contributed by atoms with van der Waals surface area (Å²) in [6.07, 6.45) is 0. The predicted molar refractivity (Wildman–Crippen MR) is 119 cm³/mol. The van der Waals surface area contributed by atoms with E-state index in [1.165, 1.54) is 19.8 Å². The van der Waals surface area contributed by atoms with Crippen LogP contribution >= 0.6 is 0 Å². The lowest BCUT2D eigenvalue weighted by molar-refractivity contribution is -0.132. The minimum Gasteiger partial charge on any atom is -0.464 e. The van der Waals surface area contributed by atoms with Gasteiger partial charge in [-0.15, -0.1) is 0 Å². The molecule has 0 unspecified atom stereocenters. The van der Waals surface area contributed by atoms with E-state index in [1.54, 1.807) is 6.07 Å². The third-order valence-electron chi connectivity index (χ3n) is 4.78. The van der Waals surface area contributed by atoms with E-state index in [-0.39, 0.29) is 17.7 Å². The van der Waals surface area contributed by atoms with Gasteiger partial charge < -0.3 is 14.4 Å². The van der Waals surface area contributed by atoms with Gasteiger partial charge in [-0.1, -0.05) is 67.5 Å². The lowest BCUT2D eigenvalue weighted by Crippen LogP contribution is -2.20. The van der Waals surface area contributed by atoms with Crippen LogP contribution < -0.4 is 0 Å². The second-order valence-electron chi connectivity index (χ2n) is 8.00. The minimum absolute atomic E-state index is 0.0537. The number of methoxy groups -OCH3 is 1. The Morgan fingerprint density at radius 3 is 2.37 bits per heavy atom. The van der Waals surface area contributed by atoms with Crippen molar-refractivity contribution in [3.63, 3.8) is 0 Å². The van der Waals surface area contributed by atoms with Crippen molar-refractivity contribution in [2.75, 3.05) is 14.2 Å². The highest BCUT2D eigenvalue weighted by Crippen LogP contribution is 2.23. The number of aryl methyl sites for hydroxylation is 1. The molecule has 6 heteroatoms. The van der Waals surface area contributed by atoms with Crippen LogP contribution in [0.25, 0.3) is 0 Å². The van der Waals surface area contributed by atoms with Crippen molar-refractivity contribution in [2.24, 2.45) is 10.3 Å². The van der Waals surface area contributed by atoms with Crippen LogP contribution in [0.2, 0.25) is 0 Å². The summed E-state index contributed by atoms with van der Waals surface area (Å²) in [7, 11) is 2.69. The maximum atomic E-state index is 12.1. The number of nitrogens with zero attached hydrogens (tertiary/aromatic N) is 2. The fraction of sp³-hybridized carbons (Fsp3) is 0.375. The molecule has 0 N–H and O–H groups in total. The molecule has 0 saturated heterocycles. The summed E-state index contributed by atoms with van der Waals surface area (Å²) < 4.78 is 4.84. The molecule has 2 aromatic carbocycles. The monoisotopic (exact) mass is 410 g/mol. The van der Waals surface area contributed by atoms with E-state index < -0.39 is 5.97 Å². The topological polar surface area (TPSA) is 69.5 Å².